The fourth-order valence-corrected chi connectivity index (χ4v) is 4.14. The summed E-state index contributed by atoms with van der Waals surface area (Å²) in [5.41, 5.74) is 0. The number of rotatable bonds is 13. The van der Waals surface area contributed by atoms with E-state index in [1.807, 2.05) is 6.26 Å². The van der Waals surface area contributed by atoms with Crippen molar-refractivity contribution in [2.75, 3.05) is 6.61 Å². The number of carbonyl (C=O) groups is 1. The van der Waals surface area contributed by atoms with Crippen LogP contribution in [0.1, 0.15) is 77.6 Å². The number of aliphatic carboxylic acids is 1. The highest BCUT2D eigenvalue weighted by atomic mass is 16.5. The Morgan fingerprint density at radius 2 is 1.88 bits per heavy atom. The lowest BCUT2D eigenvalue weighted by Gasteiger charge is -2.27. The lowest BCUT2D eigenvalue weighted by atomic mass is 9.77. The molecule has 138 valence electrons. The van der Waals surface area contributed by atoms with Gasteiger partial charge in [-0.15, -0.1) is 0 Å². The van der Waals surface area contributed by atoms with Gasteiger partial charge in [-0.3, -0.25) is 4.79 Å². The van der Waals surface area contributed by atoms with Crippen molar-refractivity contribution in [1.29, 1.82) is 0 Å². The summed E-state index contributed by atoms with van der Waals surface area (Å²) in [6.07, 6.45) is 16.4. The molecule has 2 fully saturated rings. The van der Waals surface area contributed by atoms with Gasteiger partial charge in [-0.2, -0.15) is 0 Å². The first-order chi connectivity index (χ1) is 11.7. The Balaban J connectivity index is 1.64. The van der Waals surface area contributed by atoms with E-state index in [2.05, 4.69) is 13.0 Å². The lowest BCUT2D eigenvalue weighted by molar-refractivity contribution is -0.137. The molecular formula is C20H34O4. The topological polar surface area (TPSA) is 55.8 Å². The van der Waals surface area contributed by atoms with Crippen molar-refractivity contribution in [3.05, 3.63) is 12.3 Å². The molecule has 2 aliphatic heterocycles. The van der Waals surface area contributed by atoms with Gasteiger partial charge in [0.25, 0.3) is 0 Å². The van der Waals surface area contributed by atoms with E-state index in [1.54, 1.807) is 0 Å². The highest BCUT2D eigenvalue weighted by molar-refractivity contribution is 5.66. The molecule has 4 heteroatoms. The number of hydrogen-bond donors (Lipinski definition) is 1. The van der Waals surface area contributed by atoms with Crippen LogP contribution in [0.3, 0.4) is 0 Å². The highest BCUT2D eigenvalue weighted by Gasteiger charge is 2.48. The molecule has 0 aromatic rings. The van der Waals surface area contributed by atoms with Crippen LogP contribution in [0, 0.1) is 11.8 Å². The molecular weight excluding hydrogens is 304 g/mol. The number of carboxylic acid groups (broad SMARTS) is 1. The van der Waals surface area contributed by atoms with Crippen LogP contribution in [0.2, 0.25) is 0 Å². The molecule has 0 unspecified atom stereocenters. The second-order valence-corrected chi connectivity index (χ2v) is 7.31. The van der Waals surface area contributed by atoms with E-state index in [0.29, 0.717) is 30.5 Å². The minimum absolute atomic E-state index is 0.304. The van der Waals surface area contributed by atoms with E-state index in [9.17, 15) is 4.79 Å². The van der Waals surface area contributed by atoms with E-state index in [4.69, 9.17) is 14.6 Å². The first-order valence-electron chi connectivity index (χ1n) is 9.86. The predicted molar refractivity (Wildman–Crippen MR) is 94.8 cm³/mol. The minimum atomic E-state index is -0.680. The van der Waals surface area contributed by atoms with Gasteiger partial charge in [0, 0.05) is 12.3 Å². The van der Waals surface area contributed by atoms with E-state index in [0.717, 1.165) is 32.3 Å². The number of unbranched alkanes of at least 4 members (excludes halogenated alkanes) is 5. The molecule has 2 saturated heterocycles. The van der Waals surface area contributed by atoms with E-state index >= 15 is 0 Å². The van der Waals surface area contributed by atoms with Crippen molar-refractivity contribution in [1.82, 2.24) is 0 Å². The third kappa shape index (κ3) is 6.12. The van der Waals surface area contributed by atoms with Gasteiger partial charge in [-0.05, 0) is 50.5 Å². The van der Waals surface area contributed by atoms with E-state index < -0.39 is 5.97 Å². The van der Waals surface area contributed by atoms with Crippen LogP contribution in [-0.4, -0.2) is 29.9 Å². The summed E-state index contributed by atoms with van der Waals surface area (Å²) in [6.45, 7) is 2.99. The number of ether oxygens (including phenoxy) is 2. The second kappa shape index (κ2) is 10.8. The van der Waals surface area contributed by atoms with Gasteiger partial charge < -0.3 is 14.6 Å². The molecule has 2 heterocycles. The molecule has 4 atom stereocenters. The Labute approximate surface area is 146 Å². The van der Waals surface area contributed by atoms with Crippen molar-refractivity contribution in [3.63, 3.8) is 0 Å². The zero-order valence-corrected chi connectivity index (χ0v) is 15.1. The van der Waals surface area contributed by atoms with Crippen LogP contribution < -0.4 is 0 Å². The summed E-state index contributed by atoms with van der Waals surface area (Å²) in [5.74, 6) is 0.492. The first-order valence-corrected chi connectivity index (χ1v) is 9.86. The maximum Gasteiger partial charge on any atom is 0.303 e. The van der Waals surface area contributed by atoms with Crippen molar-refractivity contribution in [2.24, 2.45) is 11.8 Å². The Morgan fingerprint density at radius 3 is 2.62 bits per heavy atom. The lowest BCUT2D eigenvalue weighted by Crippen LogP contribution is -2.30. The zero-order valence-electron chi connectivity index (χ0n) is 15.1. The third-order valence-electron chi connectivity index (χ3n) is 5.47. The van der Waals surface area contributed by atoms with Gasteiger partial charge in [-0.1, -0.05) is 32.6 Å². The molecule has 2 aliphatic rings. The maximum absolute atomic E-state index is 10.5. The maximum atomic E-state index is 10.5. The van der Waals surface area contributed by atoms with Crippen LogP contribution in [0.25, 0.3) is 0 Å². The Bertz CT molecular complexity index is 393. The van der Waals surface area contributed by atoms with Gasteiger partial charge in [-0.25, -0.2) is 0 Å². The van der Waals surface area contributed by atoms with Gasteiger partial charge in [0.05, 0.1) is 25.1 Å². The number of carboxylic acids is 1. The average molecular weight is 338 g/mol. The van der Waals surface area contributed by atoms with Crippen molar-refractivity contribution in [3.8, 4) is 0 Å². The largest absolute Gasteiger partial charge is 0.501 e. The van der Waals surface area contributed by atoms with Crippen LogP contribution in [0.4, 0.5) is 0 Å². The van der Waals surface area contributed by atoms with Gasteiger partial charge in [0.15, 0.2) is 0 Å². The van der Waals surface area contributed by atoms with E-state index in [1.165, 1.54) is 38.5 Å². The van der Waals surface area contributed by atoms with Crippen LogP contribution in [0.5, 0.6) is 0 Å². The molecule has 24 heavy (non-hydrogen) atoms. The first kappa shape index (κ1) is 19.3. The summed E-state index contributed by atoms with van der Waals surface area (Å²) in [5, 5.41) is 8.66. The van der Waals surface area contributed by atoms with Crippen molar-refractivity contribution in [2.45, 2.75) is 89.8 Å². The molecule has 0 amide bonds. The normalized spacial score (nSPS) is 28.7. The molecule has 0 spiro atoms. The minimum Gasteiger partial charge on any atom is -0.501 e. The van der Waals surface area contributed by atoms with Crippen LogP contribution in [0.15, 0.2) is 12.3 Å². The smallest absolute Gasteiger partial charge is 0.303 e. The molecule has 2 bridgehead atoms. The SMILES string of the molecule is CCCC/C=C/OC[C@H]1[C@@H](CCCCCCC(=O)O)[C@H]2CC[C@@H]1O2. The molecule has 1 N–H and O–H groups in total. The second-order valence-electron chi connectivity index (χ2n) is 7.31. The highest BCUT2D eigenvalue weighted by Crippen LogP contribution is 2.45. The Morgan fingerprint density at radius 1 is 1.12 bits per heavy atom. The molecule has 0 saturated carbocycles. The number of hydrogen-bond acceptors (Lipinski definition) is 3. The summed E-state index contributed by atoms with van der Waals surface area (Å²) in [7, 11) is 0. The van der Waals surface area contributed by atoms with Crippen LogP contribution in [-0.2, 0) is 14.3 Å². The summed E-state index contributed by atoms with van der Waals surface area (Å²) >= 11 is 0. The summed E-state index contributed by atoms with van der Waals surface area (Å²) in [4.78, 5) is 10.5. The third-order valence-corrected chi connectivity index (χ3v) is 5.47. The number of fused-ring (bicyclic) bond motifs is 2. The zero-order chi connectivity index (χ0) is 17.2. The van der Waals surface area contributed by atoms with Crippen molar-refractivity contribution < 1.29 is 19.4 Å². The molecule has 0 aromatic heterocycles. The molecule has 4 nitrogen and oxygen atoms in total. The standard InChI is InChI=1S/C20H34O4/c1-2-3-4-9-14-23-15-17-16(18-12-13-19(17)24-18)10-7-5-6-8-11-20(21)22/h9,14,16-19H,2-8,10-13,15H2,1H3,(H,21,22)/b14-9+/t16-,17+,18-,19+/m1/s1. The average Bonchev–Trinajstić information content (AvgIpc) is 3.15. The summed E-state index contributed by atoms with van der Waals surface area (Å²) in [6, 6.07) is 0. The van der Waals surface area contributed by atoms with Gasteiger partial charge in [0.1, 0.15) is 0 Å². The molecule has 0 radical (unpaired) electrons. The monoisotopic (exact) mass is 338 g/mol. The molecule has 0 aromatic carbocycles. The van der Waals surface area contributed by atoms with Gasteiger partial charge >= 0.3 is 5.97 Å². The number of allylic oxidation sites excluding steroid dienone is 1. The fourth-order valence-electron chi connectivity index (χ4n) is 4.14. The summed E-state index contributed by atoms with van der Waals surface area (Å²) < 4.78 is 11.9. The van der Waals surface area contributed by atoms with Crippen molar-refractivity contribution >= 4 is 5.97 Å². The Kier molecular flexibility index (Phi) is 8.65. The predicted octanol–water partition coefficient (Wildman–Crippen LogP) is 4.93. The van der Waals surface area contributed by atoms with E-state index in [-0.39, 0.29) is 0 Å². The quantitative estimate of drug-likeness (QED) is 0.382. The van der Waals surface area contributed by atoms with Gasteiger partial charge in [0.2, 0.25) is 0 Å². The molecule has 2 rings (SSSR count). The molecule has 0 aliphatic carbocycles. The Hall–Kier alpha value is -1.03. The van der Waals surface area contributed by atoms with Crippen LogP contribution >= 0.6 is 0 Å². The fraction of sp³-hybridized carbons (Fsp3) is 0.850.